The molecule has 3 heterocycles. The molecule has 1 aromatic heterocycles. The van der Waals surface area contributed by atoms with E-state index in [2.05, 4.69) is 19.8 Å². The van der Waals surface area contributed by atoms with Crippen LogP contribution in [0.15, 0.2) is 12.4 Å². The third-order valence-corrected chi connectivity index (χ3v) is 4.52. The van der Waals surface area contributed by atoms with Gasteiger partial charge in [-0.25, -0.2) is 9.97 Å². The van der Waals surface area contributed by atoms with Crippen molar-refractivity contribution < 1.29 is 4.79 Å². The Morgan fingerprint density at radius 1 is 1.04 bits per heavy atom. The topological polar surface area (TPSA) is 76.4 Å². The first-order valence-electron chi connectivity index (χ1n) is 8.23. The Balaban J connectivity index is 1.48. The highest BCUT2D eigenvalue weighted by molar-refractivity contribution is 5.78. The molecule has 0 bridgehead atoms. The van der Waals surface area contributed by atoms with Crippen molar-refractivity contribution in [3.8, 4) is 6.07 Å². The van der Waals surface area contributed by atoms with E-state index in [9.17, 15) is 4.79 Å². The van der Waals surface area contributed by atoms with Gasteiger partial charge in [-0.1, -0.05) is 0 Å². The first-order valence-corrected chi connectivity index (χ1v) is 8.23. The zero-order valence-electron chi connectivity index (χ0n) is 13.3. The fourth-order valence-electron chi connectivity index (χ4n) is 3.11. The molecule has 2 aliphatic rings. The Morgan fingerprint density at radius 2 is 1.78 bits per heavy atom. The molecule has 2 fully saturated rings. The Hall–Kier alpha value is -2.20. The van der Waals surface area contributed by atoms with Gasteiger partial charge in [0.15, 0.2) is 5.69 Å². The molecule has 0 spiro atoms. The highest BCUT2D eigenvalue weighted by Crippen LogP contribution is 2.13. The van der Waals surface area contributed by atoms with Crippen molar-refractivity contribution in [2.75, 3.05) is 50.7 Å². The molecule has 122 valence electrons. The Morgan fingerprint density at radius 3 is 2.39 bits per heavy atom. The SMILES string of the molecule is N#Cc1cnc(N2CCN(CC(=O)N3CCCCC3)CC2)cn1. The molecule has 1 aromatic rings. The van der Waals surface area contributed by atoms with Crippen LogP contribution in [0.2, 0.25) is 0 Å². The number of carbonyl (C=O) groups is 1. The first-order chi connectivity index (χ1) is 11.3. The van der Waals surface area contributed by atoms with E-state index in [4.69, 9.17) is 5.26 Å². The monoisotopic (exact) mass is 314 g/mol. The minimum absolute atomic E-state index is 0.260. The molecular weight excluding hydrogens is 292 g/mol. The summed E-state index contributed by atoms with van der Waals surface area (Å²) in [6, 6.07) is 1.97. The van der Waals surface area contributed by atoms with Crippen LogP contribution in [-0.2, 0) is 4.79 Å². The summed E-state index contributed by atoms with van der Waals surface area (Å²) in [5.74, 6) is 1.06. The van der Waals surface area contributed by atoms with E-state index in [1.54, 1.807) is 6.20 Å². The summed E-state index contributed by atoms with van der Waals surface area (Å²) in [5.41, 5.74) is 0.333. The van der Waals surface area contributed by atoms with E-state index in [0.29, 0.717) is 12.2 Å². The summed E-state index contributed by atoms with van der Waals surface area (Å²) in [4.78, 5) is 27.0. The number of likely N-dealkylation sites (tertiary alicyclic amines) is 1. The summed E-state index contributed by atoms with van der Waals surface area (Å²) in [5, 5.41) is 8.76. The van der Waals surface area contributed by atoms with Crippen molar-refractivity contribution >= 4 is 11.7 Å². The third kappa shape index (κ3) is 3.96. The number of anilines is 1. The molecule has 1 amide bonds. The lowest BCUT2D eigenvalue weighted by Gasteiger charge is -2.36. The third-order valence-electron chi connectivity index (χ3n) is 4.52. The summed E-state index contributed by atoms with van der Waals surface area (Å²) in [7, 11) is 0. The number of piperidine rings is 1. The van der Waals surface area contributed by atoms with Crippen LogP contribution >= 0.6 is 0 Å². The quantitative estimate of drug-likeness (QED) is 0.808. The van der Waals surface area contributed by atoms with Gasteiger partial charge in [0.25, 0.3) is 0 Å². The molecule has 23 heavy (non-hydrogen) atoms. The van der Waals surface area contributed by atoms with Crippen LogP contribution in [-0.4, -0.2) is 71.5 Å². The van der Waals surface area contributed by atoms with Crippen LogP contribution < -0.4 is 4.90 Å². The number of rotatable bonds is 3. The minimum Gasteiger partial charge on any atom is -0.353 e. The number of carbonyl (C=O) groups excluding carboxylic acids is 1. The van der Waals surface area contributed by atoms with Gasteiger partial charge < -0.3 is 9.80 Å². The minimum atomic E-state index is 0.260. The maximum absolute atomic E-state index is 12.3. The lowest BCUT2D eigenvalue weighted by molar-refractivity contribution is -0.133. The molecule has 0 aliphatic carbocycles. The maximum atomic E-state index is 12.3. The van der Waals surface area contributed by atoms with Gasteiger partial charge in [-0.2, -0.15) is 5.26 Å². The first kappa shape index (κ1) is 15.7. The smallest absolute Gasteiger partial charge is 0.236 e. The summed E-state index contributed by atoms with van der Waals surface area (Å²) >= 11 is 0. The van der Waals surface area contributed by atoms with E-state index in [-0.39, 0.29) is 5.91 Å². The largest absolute Gasteiger partial charge is 0.353 e. The number of hydrogen-bond donors (Lipinski definition) is 0. The molecule has 3 rings (SSSR count). The standard InChI is InChI=1S/C16H22N6O/c17-10-14-11-19-15(12-18-14)21-8-6-20(7-9-21)13-16(23)22-4-2-1-3-5-22/h11-12H,1-9,13H2. The van der Waals surface area contributed by atoms with E-state index in [1.165, 1.54) is 12.6 Å². The fourth-order valence-corrected chi connectivity index (χ4v) is 3.11. The molecule has 0 aromatic carbocycles. The zero-order chi connectivity index (χ0) is 16.1. The molecule has 2 saturated heterocycles. The fraction of sp³-hybridized carbons (Fsp3) is 0.625. The van der Waals surface area contributed by atoms with Gasteiger partial charge in [0.05, 0.1) is 18.9 Å². The van der Waals surface area contributed by atoms with Gasteiger partial charge in [-0.15, -0.1) is 0 Å². The van der Waals surface area contributed by atoms with Crippen LogP contribution in [0.5, 0.6) is 0 Å². The Labute approximate surface area is 136 Å². The molecule has 0 atom stereocenters. The van der Waals surface area contributed by atoms with Crippen molar-refractivity contribution in [2.45, 2.75) is 19.3 Å². The van der Waals surface area contributed by atoms with Crippen LogP contribution in [0, 0.1) is 11.3 Å². The lowest BCUT2D eigenvalue weighted by Crippen LogP contribution is -2.50. The summed E-state index contributed by atoms with van der Waals surface area (Å²) in [6.45, 7) is 5.70. The summed E-state index contributed by atoms with van der Waals surface area (Å²) in [6.07, 6.45) is 6.66. The Kier molecular flexibility index (Phi) is 5.03. The maximum Gasteiger partial charge on any atom is 0.236 e. The molecular formula is C16H22N6O. The van der Waals surface area contributed by atoms with Gasteiger partial charge in [0.2, 0.25) is 5.91 Å². The van der Waals surface area contributed by atoms with Crippen LogP contribution in [0.25, 0.3) is 0 Å². The van der Waals surface area contributed by atoms with Crippen LogP contribution in [0.1, 0.15) is 25.0 Å². The average molecular weight is 314 g/mol. The molecule has 7 nitrogen and oxygen atoms in total. The van der Waals surface area contributed by atoms with Gasteiger partial charge in [-0.3, -0.25) is 9.69 Å². The lowest BCUT2D eigenvalue weighted by atomic mass is 10.1. The zero-order valence-corrected chi connectivity index (χ0v) is 13.3. The Bertz CT molecular complexity index is 567. The second-order valence-electron chi connectivity index (χ2n) is 6.08. The molecule has 0 unspecified atom stereocenters. The predicted octanol–water partition coefficient (Wildman–Crippen LogP) is 0.483. The van der Waals surface area contributed by atoms with E-state index >= 15 is 0 Å². The normalized spacial score (nSPS) is 19.4. The van der Waals surface area contributed by atoms with Gasteiger partial charge >= 0.3 is 0 Å². The average Bonchev–Trinajstić information content (AvgIpc) is 2.63. The van der Waals surface area contributed by atoms with Crippen molar-refractivity contribution in [2.24, 2.45) is 0 Å². The molecule has 0 saturated carbocycles. The molecule has 0 radical (unpaired) electrons. The van der Waals surface area contributed by atoms with E-state index in [0.717, 1.165) is 57.9 Å². The van der Waals surface area contributed by atoms with Gasteiger partial charge in [0, 0.05) is 39.3 Å². The number of nitriles is 1. The number of aromatic nitrogens is 2. The molecule has 7 heteroatoms. The predicted molar refractivity (Wildman–Crippen MR) is 85.8 cm³/mol. The summed E-state index contributed by atoms with van der Waals surface area (Å²) < 4.78 is 0. The van der Waals surface area contributed by atoms with Crippen molar-refractivity contribution in [3.05, 3.63) is 18.1 Å². The van der Waals surface area contributed by atoms with Gasteiger partial charge in [-0.05, 0) is 19.3 Å². The number of amides is 1. The van der Waals surface area contributed by atoms with Crippen LogP contribution in [0.3, 0.4) is 0 Å². The number of nitrogens with zero attached hydrogens (tertiary/aromatic N) is 6. The van der Waals surface area contributed by atoms with Crippen molar-refractivity contribution in [1.29, 1.82) is 5.26 Å². The highest BCUT2D eigenvalue weighted by atomic mass is 16.2. The van der Waals surface area contributed by atoms with Crippen molar-refractivity contribution in [3.63, 3.8) is 0 Å². The molecule has 2 aliphatic heterocycles. The van der Waals surface area contributed by atoms with E-state index < -0.39 is 0 Å². The van der Waals surface area contributed by atoms with Crippen LogP contribution in [0.4, 0.5) is 5.82 Å². The second-order valence-corrected chi connectivity index (χ2v) is 6.08. The molecule has 0 N–H and O–H groups in total. The second kappa shape index (κ2) is 7.38. The van der Waals surface area contributed by atoms with Gasteiger partial charge in [0.1, 0.15) is 11.9 Å². The van der Waals surface area contributed by atoms with Crippen molar-refractivity contribution in [1.82, 2.24) is 19.8 Å². The highest BCUT2D eigenvalue weighted by Gasteiger charge is 2.23. The number of hydrogen-bond acceptors (Lipinski definition) is 6. The number of piperazine rings is 1. The van der Waals surface area contributed by atoms with E-state index in [1.807, 2.05) is 11.0 Å².